The van der Waals surface area contributed by atoms with Crippen molar-refractivity contribution < 1.29 is 36.5 Å². The summed E-state index contributed by atoms with van der Waals surface area (Å²) in [5.41, 5.74) is 0. The molecule has 6 heavy (non-hydrogen) atoms. The van der Waals surface area contributed by atoms with E-state index >= 15 is 0 Å². The average Bonchev–Trinajstić information content (AvgIpc) is 1.00. The summed E-state index contributed by atoms with van der Waals surface area (Å²) in [6.45, 7) is 0. The van der Waals surface area contributed by atoms with Gasteiger partial charge in [0.25, 0.3) is 0 Å². The molecule has 0 atom stereocenters. The maximum atomic E-state index is 2.14. The summed E-state index contributed by atoms with van der Waals surface area (Å²) < 4.78 is 0. The average molecular weight is 247 g/mol. The van der Waals surface area contributed by atoms with Crippen LogP contribution in [-0.2, 0) is 36.5 Å². The van der Waals surface area contributed by atoms with Gasteiger partial charge in [0.2, 0.25) is 0 Å². The normalized spacial score (nSPS) is 1.33. The van der Waals surface area contributed by atoms with Crippen molar-refractivity contribution in [3.63, 3.8) is 0 Å². The van der Waals surface area contributed by atoms with Gasteiger partial charge in [0.15, 0.2) is 0 Å². The maximum absolute atomic E-state index is 2.14. The topological polar surface area (TPSA) is 0 Å². The first kappa shape index (κ1) is 31.7. The van der Waals surface area contributed by atoms with Gasteiger partial charge < -0.3 is 0 Å². The first-order chi connectivity index (χ1) is 1.00. The maximum Gasteiger partial charge on any atom is 0 e. The van der Waals surface area contributed by atoms with E-state index in [1.165, 1.54) is 10.1 Å². The van der Waals surface area contributed by atoms with Crippen LogP contribution >= 0.6 is 0 Å². The van der Waals surface area contributed by atoms with Crippen molar-refractivity contribution in [1.82, 2.24) is 0 Å². The van der Waals surface area contributed by atoms with Crippen LogP contribution in [0.5, 0.6) is 0 Å². The van der Waals surface area contributed by atoms with Crippen LogP contribution < -0.4 is 0 Å². The summed E-state index contributed by atoms with van der Waals surface area (Å²) in [7, 11) is 3.44. The van der Waals surface area contributed by atoms with Gasteiger partial charge in [-0.15, -0.1) is 0 Å². The van der Waals surface area contributed by atoms with E-state index in [0.717, 1.165) is 0 Å². The molecule has 0 rings (SSSR count). The van der Waals surface area contributed by atoms with Crippen molar-refractivity contribution in [2.24, 2.45) is 0 Å². The molecule has 0 aromatic heterocycles. The van der Waals surface area contributed by atoms with E-state index in [0.29, 0.717) is 0 Å². The third kappa shape index (κ3) is 23.9. The van der Waals surface area contributed by atoms with Crippen LogP contribution in [0, 0.1) is 0 Å². The van der Waals surface area contributed by atoms with E-state index in [2.05, 4.69) is 7.44 Å². The predicted molar refractivity (Wildman–Crippen MR) is 34.2 cm³/mol. The Labute approximate surface area is 139 Å². The molecular formula is H8BCaFeKSiZn. The van der Waals surface area contributed by atoms with Crippen LogP contribution in [0.25, 0.3) is 0 Å². The van der Waals surface area contributed by atoms with E-state index in [4.69, 9.17) is 0 Å². The molecule has 0 aromatic carbocycles. The number of rotatable bonds is 0. The van der Waals surface area contributed by atoms with Gasteiger partial charge >= 0.3 is 89.1 Å². The van der Waals surface area contributed by atoms with Crippen LogP contribution in [0.2, 0.25) is 0 Å². The fourth-order valence-corrected chi connectivity index (χ4v) is 0. The molecule has 0 unspecified atom stereocenters. The van der Waals surface area contributed by atoms with Gasteiger partial charge in [0.1, 0.15) is 0 Å². The van der Waals surface area contributed by atoms with Crippen LogP contribution in [0.4, 0.5) is 0 Å². The van der Waals surface area contributed by atoms with Crippen LogP contribution in [0.15, 0.2) is 0 Å². The third-order valence-corrected chi connectivity index (χ3v) is 0. The standard InChI is InChI=1S/BH5Si.Ca.Fe.K.Zn.3H/c1-2;;;;;;;/h1H2,2H3;;;;;;;. The van der Waals surface area contributed by atoms with Crippen molar-refractivity contribution in [3.8, 4) is 0 Å². The van der Waals surface area contributed by atoms with E-state index in [1.54, 1.807) is 0 Å². The van der Waals surface area contributed by atoms with Gasteiger partial charge in [-0.25, -0.2) is 0 Å². The quantitative estimate of drug-likeness (QED) is 0.387. The molecule has 0 radical (unpaired) electrons. The smallest absolute Gasteiger partial charge is 0 e. The minimum absolute atomic E-state index is 0. The molecule has 0 amide bonds. The zero-order valence-electron chi connectivity index (χ0n) is 3.06. The van der Waals surface area contributed by atoms with Crippen molar-refractivity contribution >= 4 is 107 Å². The Morgan fingerprint density at radius 3 is 1.17 bits per heavy atom. The molecule has 0 heterocycles. The Kier molecular flexibility index (Phi) is 182. The molecule has 0 aromatic rings. The molecule has 0 aliphatic heterocycles. The second-order valence-corrected chi connectivity index (χ2v) is 0. The largest absolute Gasteiger partial charge is 0 e. The van der Waals surface area contributed by atoms with Crippen molar-refractivity contribution in [3.05, 3.63) is 0 Å². The van der Waals surface area contributed by atoms with Gasteiger partial charge in [0, 0.05) is 36.5 Å². The molecule has 0 saturated heterocycles. The first-order valence-corrected chi connectivity index (χ1v) is 3.00. The van der Waals surface area contributed by atoms with E-state index in [9.17, 15) is 0 Å². The Balaban J connectivity index is -0.000000000833. The molecule has 0 aliphatic carbocycles. The second kappa shape index (κ2) is 34.6. The Morgan fingerprint density at radius 2 is 1.17 bits per heavy atom. The third-order valence-electron chi connectivity index (χ3n) is 0. The summed E-state index contributed by atoms with van der Waals surface area (Å²) in [6.07, 6.45) is 0. The molecule has 6 heteroatoms. The van der Waals surface area contributed by atoms with Crippen LogP contribution in [0.3, 0.4) is 0 Å². The minimum atomic E-state index is 0. The molecule has 0 bridgehead atoms. The molecule has 28 valence electrons. The zero-order valence-corrected chi connectivity index (χ0v) is 9.13. The fraction of sp³-hybridized carbons (Fsp3) is 0. The van der Waals surface area contributed by atoms with Gasteiger partial charge in [-0.1, -0.05) is 0 Å². The van der Waals surface area contributed by atoms with Crippen LogP contribution in [0.1, 0.15) is 0 Å². The van der Waals surface area contributed by atoms with Gasteiger partial charge in [-0.05, 0) is 10.1 Å². The fourth-order valence-electron chi connectivity index (χ4n) is 0. The van der Waals surface area contributed by atoms with Gasteiger partial charge in [-0.3, -0.25) is 0 Å². The summed E-state index contributed by atoms with van der Waals surface area (Å²) in [4.78, 5) is 0. The second-order valence-electron chi connectivity index (χ2n) is 0. The summed E-state index contributed by atoms with van der Waals surface area (Å²) in [6, 6.07) is 0. The Hall–Kier alpha value is 4.32. The molecular weight excluding hydrogens is 239 g/mol. The molecule has 0 aliphatic rings. The molecule has 0 N–H and O–H groups in total. The van der Waals surface area contributed by atoms with E-state index in [-0.39, 0.29) is 126 Å². The Morgan fingerprint density at radius 1 is 1.17 bits per heavy atom. The Bertz CT molecular complexity index is 15.5. The number of hydrogen-bond donors (Lipinski definition) is 0. The first-order valence-electron chi connectivity index (χ1n) is 1.00. The summed E-state index contributed by atoms with van der Waals surface area (Å²) in [5.74, 6) is 0. The molecule has 0 fully saturated rings. The summed E-state index contributed by atoms with van der Waals surface area (Å²) >= 11 is 0. The summed E-state index contributed by atoms with van der Waals surface area (Å²) in [5, 5.41) is 0. The molecule has 0 saturated carbocycles. The molecule has 0 spiro atoms. The van der Waals surface area contributed by atoms with E-state index in [1.807, 2.05) is 0 Å². The monoisotopic (exact) mass is 246 g/mol. The van der Waals surface area contributed by atoms with Gasteiger partial charge in [0.05, 0.1) is 7.44 Å². The van der Waals surface area contributed by atoms with Crippen molar-refractivity contribution in [2.45, 2.75) is 0 Å². The van der Waals surface area contributed by atoms with Crippen molar-refractivity contribution in [1.29, 1.82) is 0 Å². The predicted octanol–water partition coefficient (Wildman–Crippen LogP) is -3.67. The van der Waals surface area contributed by atoms with Crippen molar-refractivity contribution in [2.75, 3.05) is 0 Å². The number of hydrogen-bond acceptors (Lipinski definition) is 0. The molecule has 0 nitrogen and oxygen atoms in total. The van der Waals surface area contributed by atoms with Gasteiger partial charge in [-0.2, -0.15) is 0 Å². The SMILES string of the molecule is B[SiH3].[CaH2].[Fe].[KH].[Zn]. The van der Waals surface area contributed by atoms with Crippen LogP contribution in [-0.4, -0.2) is 107 Å². The van der Waals surface area contributed by atoms with E-state index < -0.39 is 0 Å². The zero-order chi connectivity index (χ0) is 2.00. The minimum Gasteiger partial charge on any atom is 0 e.